The largest absolute Gasteiger partial charge is 0.460 e. The highest BCUT2D eigenvalue weighted by Crippen LogP contribution is 2.18. The van der Waals surface area contributed by atoms with Gasteiger partial charge < -0.3 is 14.7 Å². The molecule has 9 nitrogen and oxygen atoms in total. The van der Waals surface area contributed by atoms with E-state index in [4.69, 9.17) is 4.74 Å². The average molecular weight is 603 g/mol. The van der Waals surface area contributed by atoms with Crippen molar-refractivity contribution in [3.63, 3.8) is 0 Å². The van der Waals surface area contributed by atoms with Crippen molar-refractivity contribution in [2.45, 2.75) is 82.5 Å². The molecule has 0 unspecified atom stereocenters. The van der Waals surface area contributed by atoms with Gasteiger partial charge in [0, 0.05) is 42.4 Å². The molecule has 1 amide bonds. The van der Waals surface area contributed by atoms with Gasteiger partial charge in [-0.05, 0) is 17.5 Å². The first-order valence-electron chi connectivity index (χ1n) is 15.1. The van der Waals surface area contributed by atoms with Crippen LogP contribution in [0, 0.1) is 0 Å². The molecule has 10 heteroatoms. The summed E-state index contributed by atoms with van der Waals surface area (Å²) in [6.45, 7) is 2.40. The number of amides is 1. The standard InChI is InChI=1S/C33H42N6O3S/c1-2-3-4-5-6-13-18-43-33-35-23-28(37-33)20-27-22-34-30(36-27)21-31(40)39-38-29(19-25-14-9-7-10-15-25)32(41)42-24-26-16-11-8-12-17-26/h7-12,14-17,22-23,29,38H,2-6,13,18-21,24H2,1H3,(H,34,36)(H,35,37)(H,39,40)/t29-/m0/s1. The van der Waals surface area contributed by atoms with Gasteiger partial charge in [-0.2, -0.15) is 0 Å². The number of thioether (sulfide) groups is 1. The van der Waals surface area contributed by atoms with E-state index in [1.165, 1.54) is 38.5 Å². The summed E-state index contributed by atoms with van der Waals surface area (Å²) in [7, 11) is 0. The van der Waals surface area contributed by atoms with E-state index in [9.17, 15) is 9.59 Å². The normalized spacial score (nSPS) is 11.7. The van der Waals surface area contributed by atoms with Crippen LogP contribution in [-0.4, -0.2) is 43.6 Å². The lowest BCUT2D eigenvalue weighted by Crippen LogP contribution is -2.50. The molecule has 4 aromatic rings. The van der Waals surface area contributed by atoms with Crippen molar-refractivity contribution in [2.75, 3.05) is 5.75 Å². The van der Waals surface area contributed by atoms with Crippen molar-refractivity contribution in [1.82, 2.24) is 30.8 Å². The molecule has 0 fully saturated rings. The topological polar surface area (TPSA) is 125 Å². The van der Waals surface area contributed by atoms with Gasteiger partial charge in [0.05, 0.1) is 6.42 Å². The number of carbonyl (C=O) groups excluding carboxylic acids is 2. The van der Waals surface area contributed by atoms with Crippen LogP contribution in [0.3, 0.4) is 0 Å². The Morgan fingerprint density at radius 3 is 2.30 bits per heavy atom. The number of aromatic amines is 2. The number of benzene rings is 2. The van der Waals surface area contributed by atoms with Gasteiger partial charge in [-0.1, -0.05) is 111 Å². The number of imidazole rings is 2. The van der Waals surface area contributed by atoms with E-state index in [0.29, 0.717) is 18.7 Å². The van der Waals surface area contributed by atoms with Crippen LogP contribution in [-0.2, 0) is 40.2 Å². The summed E-state index contributed by atoms with van der Waals surface area (Å²) < 4.78 is 5.54. The number of H-pyrrole nitrogens is 2. The highest BCUT2D eigenvalue weighted by molar-refractivity contribution is 7.99. The van der Waals surface area contributed by atoms with E-state index in [1.807, 2.05) is 66.9 Å². The molecular formula is C33H42N6O3S. The Morgan fingerprint density at radius 1 is 0.860 bits per heavy atom. The van der Waals surface area contributed by atoms with E-state index >= 15 is 0 Å². The van der Waals surface area contributed by atoms with Gasteiger partial charge in [-0.15, -0.1) is 0 Å². The Labute approximate surface area is 258 Å². The van der Waals surface area contributed by atoms with Crippen molar-refractivity contribution >= 4 is 23.6 Å². The fraction of sp³-hybridized carbons (Fsp3) is 0.394. The third kappa shape index (κ3) is 11.7. The van der Waals surface area contributed by atoms with Crippen LogP contribution in [0.4, 0.5) is 0 Å². The van der Waals surface area contributed by atoms with Gasteiger partial charge in [-0.25, -0.2) is 15.4 Å². The Kier molecular flexibility index (Phi) is 13.4. The molecule has 0 saturated heterocycles. The van der Waals surface area contributed by atoms with Gasteiger partial charge in [-0.3, -0.25) is 15.0 Å². The van der Waals surface area contributed by atoms with E-state index in [-0.39, 0.29) is 18.9 Å². The van der Waals surface area contributed by atoms with Crippen molar-refractivity contribution in [3.05, 3.63) is 101 Å². The third-order valence-electron chi connectivity index (χ3n) is 6.91. The Balaban J connectivity index is 1.22. The van der Waals surface area contributed by atoms with E-state index in [1.54, 1.807) is 18.0 Å². The predicted octanol–water partition coefficient (Wildman–Crippen LogP) is 5.69. The molecule has 0 saturated carbocycles. The second kappa shape index (κ2) is 17.9. The quantitative estimate of drug-likeness (QED) is 0.0470. The minimum atomic E-state index is -0.754. The van der Waals surface area contributed by atoms with Gasteiger partial charge >= 0.3 is 5.97 Å². The second-order valence-corrected chi connectivity index (χ2v) is 11.7. The average Bonchev–Trinajstić information content (AvgIpc) is 3.67. The summed E-state index contributed by atoms with van der Waals surface area (Å²) in [5, 5.41) is 0.932. The lowest BCUT2D eigenvalue weighted by atomic mass is 10.1. The van der Waals surface area contributed by atoms with Crippen LogP contribution in [0.2, 0.25) is 0 Å². The van der Waals surface area contributed by atoms with E-state index in [2.05, 4.69) is 37.7 Å². The summed E-state index contributed by atoms with van der Waals surface area (Å²) in [4.78, 5) is 41.1. The Morgan fingerprint density at radius 2 is 1.53 bits per heavy atom. The van der Waals surface area contributed by atoms with Crippen molar-refractivity contribution in [3.8, 4) is 0 Å². The molecule has 2 heterocycles. The SMILES string of the molecule is CCCCCCCCSc1ncc(Cc2cnc(CC(=O)NN[C@@H](Cc3ccccc3)C(=O)OCc3ccccc3)[nH]2)[nH]1. The highest BCUT2D eigenvalue weighted by Gasteiger charge is 2.22. The number of nitrogens with one attached hydrogen (secondary N) is 4. The maximum atomic E-state index is 12.9. The molecular weight excluding hydrogens is 560 g/mol. The zero-order valence-corrected chi connectivity index (χ0v) is 25.6. The number of unbranched alkanes of at least 4 members (excludes halogenated alkanes) is 5. The number of ether oxygens (including phenoxy) is 1. The minimum Gasteiger partial charge on any atom is -0.460 e. The summed E-state index contributed by atoms with van der Waals surface area (Å²) in [6.07, 6.45) is 12.3. The molecule has 228 valence electrons. The maximum Gasteiger partial charge on any atom is 0.325 e. The molecule has 1 atom stereocenters. The maximum absolute atomic E-state index is 12.9. The molecule has 2 aromatic heterocycles. The zero-order chi connectivity index (χ0) is 30.1. The first-order chi connectivity index (χ1) is 21.1. The summed E-state index contributed by atoms with van der Waals surface area (Å²) in [5.74, 6) is 0.841. The van der Waals surface area contributed by atoms with Crippen molar-refractivity contribution in [1.29, 1.82) is 0 Å². The van der Waals surface area contributed by atoms with E-state index < -0.39 is 12.0 Å². The summed E-state index contributed by atoms with van der Waals surface area (Å²) >= 11 is 1.76. The lowest BCUT2D eigenvalue weighted by Gasteiger charge is -2.18. The van der Waals surface area contributed by atoms with Crippen molar-refractivity contribution < 1.29 is 14.3 Å². The Hall–Kier alpha value is -3.89. The molecule has 0 aliphatic heterocycles. The summed E-state index contributed by atoms with van der Waals surface area (Å²) in [6, 6.07) is 18.3. The van der Waals surface area contributed by atoms with Crippen LogP contribution in [0.25, 0.3) is 0 Å². The Bertz CT molecular complexity index is 1380. The second-order valence-electron chi connectivity index (χ2n) is 10.6. The number of aromatic nitrogens is 4. The summed E-state index contributed by atoms with van der Waals surface area (Å²) in [5.41, 5.74) is 9.26. The van der Waals surface area contributed by atoms with Gasteiger partial charge in [0.25, 0.3) is 0 Å². The van der Waals surface area contributed by atoms with Gasteiger partial charge in [0.1, 0.15) is 18.5 Å². The van der Waals surface area contributed by atoms with E-state index in [0.717, 1.165) is 33.4 Å². The molecule has 43 heavy (non-hydrogen) atoms. The predicted molar refractivity (Wildman–Crippen MR) is 169 cm³/mol. The molecule has 4 N–H and O–H groups in total. The third-order valence-corrected chi connectivity index (χ3v) is 7.88. The number of hydrogen-bond donors (Lipinski definition) is 4. The minimum absolute atomic E-state index is 0.0342. The zero-order valence-electron chi connectivity index (χ0n) is 24.8. The fourth-order valence-electron chi connectivity index (χ4n) is 4.58. The molecule has 4 rings (SSSR count). The first kappa shape index (κ1) is 32.0. The number of carbonyl (C=O) groups is 2. The number of esters is 1. The molecule has 0 aliphatic rings. The monoisotopic (exact) mass is 602 g/mol. The van der Waals surface area contributed by atoms with Crippen LogP contribution in [0.1, 0.15) is 73.8 Å². The fourth-order valence-corrected chi connectivity index (χ4v) is 5.45. The smallest absolute Gasteiger partial charge is 0.325 e. The van der Waals surface area contributed by atoms with Crippen LogP contribution >= 0.6 is 11.8 Å². The van der Waals surface area contributed by atoms with Gasteiger partial charge in [0.15, 0.2) is 5.16 Å². The molecule has 0 radical (unpaired) electrons. The van der Waals surface area contributed by atoms with Crippen molar-refractivity contribution in [2.24, 2.45) is 0 Å². The number of hydrogen-bond acceptors (Lipinski definition) is 7. The molecule has 2 aromatic carbocycles. The molecule has 0 aliphatic carbocycles. The lowest BCUT2D eigenvalue weighted by molar-refractivity contribution is -0.148. The molecule has 0 spiro atoms. The first-order valence-corrected chi connectivity index (χ1v) is 16.1. The highest BCUT2D eigenvalue weighted by atomic mass is 32.2. The van der Waals surface area contributed by atoms with Crippen LogP contribution in [0.15, 0.2) is 78.2 Å². The number of hydrazine groups is 1. The van der Waals surface area contributed by atoms with Gasteiger partial charge in [0.2, 0.25) is 5.91 Å². The molecule has 0 bridgehead atoms. The van der Waals surface area contributed by atoms with Crippen LogP contribution < -0.4 is 10.9 Å². The van der Waals surface area contributed by atoms with Crippen LogP contribution in [0.5, 0.6) is 0 Å². The number of rotatable bonds is 19. The number of nitrogens with zero attached hydrogens (tertiary/aromatic N) is 2.